The molecule has 14 heavy (non-hydrogen) atoms. The third-order valence-corrected chi connectivity index (χ3v) is 2.81. The molecule has 1 amide bonds. The van der Waals surface area contributed by atoms with E-state index >= 15 is 0 Å². The molecule has 4 heteroatoms. The Hall–Kier alpha value is -1.06. The van der Waals surface area contributed by atoms with Gasteiger partial charge >= 0.3 is 6.09 Å². The normalized spacial score (nSPS) is 26.7. The molecule has 1 rings (SSSR count). The van der Waals surface area contributed by atoms with Crippen LogP contribution in [-0.4, -0.2) is 25.0 Å². The number of carbonyl (C=O) groups is 2. The number of carbonyl (C=O) groups excluding carboxylic acids is 2. The first-order valence-electron chi connectivity index (χ1n) is 4.98. The van der Waals surface area contributed by atoms with Crippen molar-refractivity contribution in [2.24, 2.45) is 5.92 Å². The van der Waals surface area contributed by atoms with Crippen molar-refractivity contribution < 1.29 is 14.3 Å². The summed E-state index contributed by atoms with van der Waals surface area (Å²) in [6.07, 6.45) is 3.13. The predicted molar refractivity (Wildman–Crippen MR) is 52.0 cm³/mol. The van der Waals surface area contributed by atoms with E-state index < -0.39 is 0 Å². The van der Waals surface area contributed by atoms with Crippen LogP contribution in [0.1, 0.15) is 32.6 Å². The minimum absolute atomic E-state index is 0.179. The number of amides is 1. The molecule has 0 aliphatic heterocycles. The zero-order chi connectivity index (χ0) is 10.6. The molecule has 1 fully saturated rings. The number of ketones is 1. The van der Waals surface area contributed by atoms with Crippen molar-refractivity contribution in [3.05, 3.63) is 0 Å². The second-order valence-corrected chi connectivity index (χ2v) is 3.80. The summed E-state index contributed by atoms with van der Waals surface area (Å²) in [5.41, 5.74) is 0. The van der Waals surface area contributed by atoms with Crippen molar-refractivity contribution in [1.82, 2.24) is 5.32 Å². The molecular weight excluding hydrogens is 182 g/mol. The number of hydrogen-bond donors (Lipinski definition) is 1. The van der Waals surface area contributed by atoms with Crippen LogP contribution in [0.3, 0.4) is 0 Å². The zero-order valence-corrected chi connectivity index (χ0v) is 8.71. The molecule has 1 saturated carbocycles. The molecule has 1 N–H and O–H groups in total. The van der Waals surface area contributed by atoms with Crippen LogP contribution in [0.15, 0.2) is 0 Å². The number of rotatable bonds is 2. The van der Waals surface area contributed by atoms with Crippen LogP contribution in [0, 0.1) is 5.92 Å². The van der Waals surface area contributed by atoms with E-state index in [-0.39, 0.29) is 23.8 Å². The summed E-state index contributed by atoms with van der Waals surface area (Å²) < 4.78 is 4.51. The van der Waals surface area contributed by atoms with E-state index in [9.17, 15) is 9.59 Å². The molecule has 0 heterocycles. The molecule has 0 aromatic rings. The highest BCUT2D eigenvalue weighted by Crippen LogP contribution is 2.24. The van der Waals surface area contributed by atoms with Crippen molar-refractivity contribution in [3.8, 4) is 0 Å². The zero-order valence-electron chi connectivity index (χ0n) is 8.71. The van der Waals surface area contributed by atoms with Gasteiger partial charge < -0.3 is 10.1 Å². The van der Waals surface area contributed by atoms with Gasteiger partial charge in [0.2, 0.25) is 0 Å². The highest BCUT2D eigenvalue weighted by Gasteiger charge is 2.24. The average molecular weight is 199 g/mol. The molecule has 80 valence electrons. The molecular formula is C10H17NO3. The molecule has 0 bridgehead atoms. The van der Waals surface area contributed by atoms with Gasteiger partial charge in [0.15, 0.2) is 0 Å². The quantitative estimate of drug-likeness (QED) is 0.733. The van der Waals surface area contributed by atoms with E-state index in [1.165, 1.54) is 7.11 Å². The molecule has 0 unspecified atom stereocenters. The van der Waals surface area contributed by atoms with Crippen molar-refractivity contribution in [1.29, 1.82) is 0 Å². The lowest BCUT2D eigenvalue weighted by Gasteiger charge is -2.27. The van der Waals surface area contributed by atoms with Crippen LogP contribution in [0.2, 0.25) is 0 Å². The van der Waals surface area contributed by atoms with Gasteiger partial charge in [0.05, 0.1) is 7.11 Å². The second-order valence-electron chi connectivity index (χ2n) is 3.80. The maximum absolute atomic E-state index is 11.1. The van der Waals surface area contributed by atoms with Gasteiger partial charge in [-0.2, -0.15) is 0 Å². The lowest BCUT2D eigenvalue weighted by molar-refractivity contribution is -0.121. The largest absolute Gasteiger partial charge is 0.453 e. The van der Waals surface area contributed by atoms with E-state index in [4.69, 9.17) is 0 Å². The number of alkyl carbamates (subject to hydrolysis) is 1. The highest BCUT2D eigenvalue weighted by molar-refractivity contribution is 5.78. The number of hydrogen-bond acceptors (Lipinski definition) is 3. The van der Waals surface area contributed by atoms with Crippen LogP contribution in [-0.2, 0) is 9.53 Å². The van der Waals surface area contributed by atoms with Gasteiger partial charge in [0, 0.05) is 12.0 Å². The molecule has 1 aliphatic rings. The Kier molecular flexibility index (Phi) is 3.92. The molecule has 0 radical (unpaired) electrons. The monoisotopic (exact) mass is 199 g/mol. The predicted octanol–water partition coefficient (Wildman–Crippen LogP) is 1.49. The Labute approximate surface area is 84.0 Å². The van der Waals surface area contributed by atoms with Gasteiger partial charge in [-0.3, -0.25) is 4.79 Å². The molecule has 0 saturated heterocycles. The minimum Gasteiger partial charge on any atom is -0.453 e. The molecule has 0 spiro atoms. The van der Waals surface area contributed by atoms with E-state index in [0.717, 1.165) is 25.7 Å². The fourth-order valence-corrected chi connectivity index (χ4v) is 1.87. The summed E-state index contributed by atoms with van der Waals surface area (Å²) in [7, 11) is 1.36. The summed E-state index contributed by atoms with van der Waals surface area (Å²) in [6, 6.07) is 0.179. The van der Waals surface area contributed by atoms with E-state index in [0.29, 0.717) is 0 Å². The topological polar surface area (TPSA) is 55.4 Å². The Morgan fingerprint density at radius 3 is 2.21 bits per heavy atom. The van der Waals surface area contributed by atoms with E-state index in [2.05, 4.69) is 10.1 Å². The maximum atomic E-state index is 11.1. The summed E-state index contributed by atoms with van der Waals surface area (Å²) >= 11 is 0. The van der Waals surface area contributed by atoms with Crippen molar-refractivity contribution >= 4 is 11.9 Å². The van der Waals surface area contributed by atoms with Gasteiger partial charge in [-0.05, 0) is 32.6 Å². The molecule has 4 nitrogen and oxygen atoms in total. The Bertz CT molecular complexity index is 219. The highest BCUT2D eigenvalue weighted by atomic mass is 16.5. The standard InChI is InChI=1S/C10H17NO3/c1-7(12)8-3-5-9(6-4-8)11-10(13)14-2/h8-9H,3-6H2,1-2H3,(H,11,13). The second kappa shape index (κ2) is 4.98. The van der Waals surface area contributed by atoms with E-state index in [1.54, 1.807) is 6.92 Å². The van der Waals surface area contributed by atoms with E-state index in [1.807, 2.05) is 0 Å². The summed E-state index contributed by atoms with van der Waals surface area (Å²) in [4.78, 5) is 22.0. The molecule has 1 aliphatic carbocycles. The first-order chi connectivity index (χ1) is 6.63. The van der Waals surface area contributed by atoms with Crippen LogP contribution >= 0.6 is 0 Å². The maximum Gasteiger partial charge on any atom is 0.407 e. The first kappa shape index (κ1) is 11.0. The fourth-order valence-electron chi connectivity index (χ4n) is 1.87. The third kappa shape index (κ3) is 3.01. The fraction of sp³-hybridized carbons (Fsp3) is 0.800. The van der Waals surface area contributed by atoms with Crippen LogP contribution in [0.25, 0.3) is 0 Å². The Balaban J connectivity index is 2.29. The first-order valence-corrected chi connectivity index (χ1v) is 4.98. The number of nitrogens with one attached hydrogen (secondary N) is 1. The lowest BCUT2D eigenvalue weighted by atomic mass is 9.84. The van der Waals surface area contributed by atoms with Gasteiger partial charge in [0.25, 0.3) is 0 Å². The van der Waals surface area contributed by atoms with Crippen molar-refractivity contribution in [2.45, 2.75) is 38.6 Å². The molecule has 0 atom stereocenters. The molecule has 0 aromatic carbocycles. The number of methoxy groups -OCH3 is 1. The third-order valence-electron chi connectivity index (χ3n) is 2.81. The smallest absolute Gasteiger partial charge is 0.407 e. The summed E-state index contributed by atoms with van der Waals surface area (Å²) in [5.74, 6) is 0.465. The Morgan fingerprint density at radius 1 is 1.21 bits per heavy atom. The van der Waals surface area contributed by atoms with Gasteiger partial charge in [-0.1, -0.05) is 0 Å². The number of ether oxygens (including phenoxy) is 1. The van der Waals surface area contributed by atoms with Crippen LogP contribution < -0.4 is 5.32 Å². The van der Waals surface area contributed by atoms with Crippen molar-refractivity contribution in [3.63, 3.8) is 0 Å². The lowest BCUT2D eigenvalue weighted by Crippen LogP contribution is -2.38. The summed E-state index contributed by atoms with van der Waals surface area (Å²) in [5, 5.41) is 2.76. The molecule has 0 aromatic heterocycles. The Morgan fingerprint density at radius 2 is 1.79 bits per heavy atom. The van der Waals surface area contributed by atoms with Gasteiger partial charge in [-0.15, -0.1) is 0 Å². The average Bonchev–Trinajstić information content (AvgIpc) is 2.18. The van der Waals surface area contributed by atoms with Crippen molar-refractivity contribution in [2.75, 3.05) is 7.11 Å². The van der Waals surface area contributed by atoms with Gasteiger partial charge in [0.1, 0.15) is 5.78 Å². The summed E-state index contributed by atoms with van der Waals surface area (Å²) in [6.45, 7) is 1.64. The van der Waals surface area contributed by atoms with Crippen LogP contribution in [0.5, 0.6) is 0 Å². The number of Topliss-reactive ketones (excluding diaryl/α,β-unsaturated/α-hetero) is 1. The van der Waals surface area contributed by atoms with Gasteiger partial charge in [-0.25, -0.2) is 4.79 Å². The van der Waals surface area contributed by atoms with Crippen LogP contribution in [0.4, 0.5) is 4.79 Å². The SMILES string of the molecule is COC(=O)NC1CCC(C(C)=O)CC1. The minimum atomic E-state index is -0.378.